The topological polar surface area (TPSA) is 55.5 Å². The Labute approximate surface area is 85.6 Å². The van der Waals surface area contributed by atoms with E-state index in [-0.39, 0.29) is 11.7 Å². The molecule has 0 radical (unpaired) electrons. The van der Waals surface area contributed by atoms with Crippen LogP contribution in [-0.4, -0.2) is 11.7 Å². The van der Waals surface area contributed by atoms with Crippen molar-refractivity contribution < 1.29 is 9.94 Å². The predicted octanol–water partition coefficient (Wildman–Crippen LogP) is 2.15. The molecule has 0 aliphatic rings. The molecule has 0 aliphatic heterocycles. The van der Waals surface area contributed by atoms with Gasteiger partial charge in [-0.05, 0) is 17.7 Å². The van der Waals surface area contributed by atoms with Crippen molar-refractivity contribution in [1.82, 2.24) is 0 Å². The molecule has 1 atom stereocenters. The lowest BCUT2D eigenvalue weighted by Crippen LogP contribution is -2.08. The van der Waals surface area contributed by atoms with E-state index in [0.29, 0.717) is 6.61 Å². The minimum Gasteiger partial charge on any atom is -0.508 e. The molecule has 13 heavy (non-hydrogen) atoms. The second-order valence-corrected chi connectivity index (χ2v) is 3.85. The molecule has 72 valence electrons. The summed E-state index contributed by atoms with van der Waals surface area (Å²) in [6, 6.07) is 5.38. The SMILES string of the molecule is CC(CON)c1ccc(Br)cc1O. The van der Waals surface area contributed by atoms with E-state index in [1.807, 2.05) is 19.1 Å². The molecule has 0 heterocycles. The summed E-state index contributed by atoms with van der Waals surface area (Å²) in [5.74, 6) is 5.31. The van der Waals surface area contributed by atoms with Crippen LogP contribution in [0.4, 0.5) is 0 Å². The smallest absolute Gasteiger partial charge is 0.120 e. The van der Waals surface area contributed by atoms with Crippen LogP contribution in [0.1, 0.15) is 18.4 Å². The number of hydrogen-bond acceptors (Lipinski definition) is 3. The van der Waals surface area contributed by atoms with Gasteiger partial charge in [0.25, 0.3) is 0 Å². The number of phenolic OH excluding ortho intramolecular Hbond substituents is 1. The highest BCUT2D eigenvalue weighted by Gasteiger charge is 2.10. The number of benzene rings is 1. The molecule has 0 fully saturated rings. The van der Waals surface area contributed by atoms with Crippen molar-refractivity contribution >= 4 is 15.9 Å². The minimum absolute atomic E-state index is 0.0955. The van der Waals surface area contributed by atoms with Gasteiger partial charge in [0, 0.05) is 10.4 Å². The van der Waals surface area contributed by atoms with Gasteiger partial charge in [-0.15, -0.1) is 0 Å². The van der Waals surface area contributed by atoms with Gasteiger partial charge in [-0.1, -0.05) is 28.9 Å². The monoisotopic (exact) mass is 245 g/mol. The van der Waals surface area contributed by atoms with Crippen LogP contribution < -0.4 is 5.90 Å². The number of rotatable bonds is 3. The van der Waals surface area contributed by atoms with E-state index in [1.165, 1.54) is 0 Å². The maximum atomic E-state index is 9.56. The lowest BCUT2D eigenvalue weighted by atomic mass is 10.0. The van der Waals surface area contributed by atoms with Crippen molar-refractivity contribution in [3.63, 3.8) is 0 Å². The zero-order valence-electron chi connectivity index (χ0n) is 7.33. The summed E-state index contributed by atoms with van der Waals surface area (Å²) in [5.41, 5.74) is 0.841. The van der Waals surface area contributed by atoms with E-state index < -0.39 is 0 Å². The number of halogens is 1. The first-order valence-electron chi connectivity index (χ1n) is 3.95. The molecule has 1 rings (SSSR count). The van der Waals surface area contributed by atoms with Gasteiger partial charge in [0.1, 0.15) is 5.75 Å². The Morgan fingerprint density at radius 3 is 2.85 bits per heavy atom. The summed E-state index contributed by atoms with van der Waals surface area (Å²) >= 11 is 3.27. The second-order valence-electron chi connectivity index (χ2n) is 2.94. The van der Waals surface area contributed by atoms with Gasteiger partial charge >= 0.3 is 0 Å². The van der Waals surface area contributed by atoms with Gasteiger partial charge in [0.2, 0.25) is 0 Å². The molecule has 3 N–H and O–H groups in total. The van der Waals surface area contributed by atoms with Crippen molar-refractivity contribution in [2.24, 2.45) is 5.90 Å². The number of aromatic hydroxyl groups is 1. The largest absolute Gasteiger partial charge is 0.508 e. The van der Waals surface area contributed by atoms with E-state index in [2.05, 4.69) is 20.8 Å². The van der Waals surface area contributed by atoms with Gasteiger partial charge in [-0.2, -0.15) is 0 Å². The minimum atomic E-state index is 0.0955. The Kier molecular flexibility index (Phi) is 3.71. The van der Waals surface area contributed by atoms with Gasteiger partial charge < -0.3 is 9.94 Å². The number of nitrogens with two attached hydrogens (primary N) is 1. The predicted molar refractivity (Wildman–Crippen MR) is 54.4 cm³/mol. The Bertz CT molecular complexity index is 291. The highest BCUT2D eigenvalue weighted by molar-refractivity contribution is 9.10. The summed E-state index contributed by atoms with van der Waals surface area (Å²) in [6.07, 6.45) is 0. The third kappa shape index (κ3) is 2.69. The van der Waals surface area contributed by atoms with Crippen LogP contribution in [0.15, 0.2) is 22.7 Å². The van der Waals surface area contributed by atoms with Crippen molar-refractivity contribution in [3.8, 4) is 5.75 Å². The van der Waals surface area contributed by atoms with Crippen LogP contribution in [0.5, 0.6) is 5.75 Å². The Morgan fingerprint density at radius 2 is 2.31 bits per heavy atom. The summed E-state index contributed by atoms with van der Waals surface area (Å²) < 4.78 is 0.856. The molecule has 0 aromatic heterocycles. The quantitative estimate of drug-likeness (QED) is 0.803. The lowest BCUT2D eigenvalue weighted by Gasteiger charge is -2.11. The summed E-state index contributed by atoms with van der Waals surface area (Å²) in [6.45, 7) is 2.34. The number of hydrogen-bond donors (Lipinski definition) is 2. The van der Waals surface area contributed by atoms with Crippen LogP contribution in [0.2, 0.25) is 0 Å². The Hall–Kier alpha value is -0.580. The standard InChI is InChI=1S/C9H12BrNO2/c1-6(5-13-11)8-3-2-7(10)4-9(8)12/h2-4,6,12H,5,11H2,1H3. The van der Waals surface area contributed by atoms with E-state index in [0.717, 1.165) is 10.0 Å². The normalized spacial score (nSPS) is 12.8. The third-order valence-corrected chi connectivity index (χ3v) is 2.36. The van der Waals surface area contributed by atoms with E-state index in [9.17, 15) is 5.11 Å². The van der Waals surface area contributed by atoms with Crippen LogP contribution in [-0.2, 0) is 4.84 Å². The van der Waals surface area contributed by atoms with E-state index in [1.54, 1.807) is 6.07 Å². The molecule has 0 bridgehead atoms. The summed E-state index contributed by atoms with van der Waals surface area (Å²) in [4.78, 5) is 4.52. The molecule has 4 heteroatoms. The van der Waals surface area contributed by atoms with Crippen molar-refractivity contribution in [1.29, 1.82) is 0 Å². The zero-order valence-corrected chi connectivity index (χ0v) is 8.91. The first-order valence-corrected chi connectivity index (χ1v) is 4.74. The fourth-order valence-corrected chi connectivity index (χ4v) is 1.52. The first kappa shape index (κ1) is 10.5. The molecule has 3 nitrogen and oxygen atoms in total. The molecule has 0 amide bonds. The molecular formula is C9H12BrNO2. The molecular weight excluding hydrogens is 234 g/mol. The average Bonchev–Trinajstić information content (AvgIpc) is 2.04. The Morgan fingerprint density at radius 1 is 1.62 bits per heavy atom. The highest BCUT2D eigenvalue weighted by atomic mass is 79.9. The lowest BCUT2D eigenvalue weighted by molar-refractivity contribution is 0.126. The van der Waals surface area contributed by atoms with Crippen LogP contribution in [0.25, 0.3) is 0 Å². The first-order chi connectivity index (χ1) is 6.15. The maximum Gasteiger partial charge on any atom is 0.120 e. The molecule has 1 unspecified atom stereocenters. The molecule has 1 aromatic carbocycles. The van der Waals surface area contributed by atoms with Gasteiger partial charge in [-0.25, -0.2) is 5.90 Å². The van der Waals surface area contributed by atoms with Crippen molar-refractivity contribution in [3.05, 3.63) is 28.2 Å². The summed E-state index contributed by atoms with van der Waals surface area (Å²) in [5, 5.41) is 9.56. The number of phenols is 1. The fourth-order valence-electron chi connectivity index (χ4n) is 1.17. The zero-order chi connectivity index (χ0) is 9.84. The summed E-state index contributed by atoms with van der Waals surface area (Å²) in [7, 11) is 0. The molecule has 0 spiro atoms. The molecule has 1 aromatic rings. The molecule has 0 aliphatic carbocycles. The van der Waals surface area contributed by atoms with Gasteiger partial charge in [0.15, 0.2) is 0 Å². The van der Waals surface area contributed by atoms with Crippen LogP contribution in [0, 0.1) is 0 Å². The second kappa shape index (κ2) is 4.60. The van der Waals surface area contributed by atoms with Gasteiger partial charge in [0.05, 0.1) is 6.61 Å². The van der Waals surface area contributed by atoms with Crippen molar-refractivity contribution in [2.45, 2.75) is 12.8 Å². The molecule has 0 saturated carbocycles. The average molecular weight is 246 g/mol. The van der Waals surface area contributed by atoms with Gasteiger partial charge in [-0.3, -0.25) is 0 Å². The molecule has 0 saturated heterocycles. The van der Waals surface area contributed by atoms with Crippen molar-refractivity contribution in [2.75, 3.05) is 6.61 Å². The van der Waals surface area contributed by atoms with E-state index >= 15 is 0 Å². The van der Waals surface area contributed by atoms with Crippen LogP contribution in [0.3, 0.4) is 0 Å². The van der Waals surface area contributed by atoms with Crippen LogP contribution >= 0.6 is 15.9 Å². The maximum absolute atomic E-state index is 9.56. The fraction of sp³-hybridized carbons (Fsp3) is 0.333. The Balaban J connectivity index is 2.88. The third-order valence-electron chi connectivity index (χ3n) is 1.87. The highest BCUT2D eigenvalue weighted by Crippen LogP contribution is 2.28. The van der Waals surface area contributed by atoms with E-state index in [4.69, 9.17) is 5.90 Å².